The molecule has 0 radical (unpaired) electrons. The molecule has 0 saturated carbocycles. The van der Waals surface area contributed by atoms with E-state index in [-0.39, 0.29) is 17.9 Å². The van der Waals surface area contributed by atoms with Crippen molar-refractivity contribution in [2.75, 3.05) is 31.1 Å². The fourth-order valence-electron chi connectivity index (χ4n) is 4.67. The summed E-state index contributed by atoms with van der Waals surface area (Å²) in [4.78, 5) is 29.2. The summed E-state index contributed by atoms with van der Waals surface area (Å²) in [5.41, 5.74) is 1.28. The molecule has 2 unspecified atom stereocenters. The third kappa shape index (κ3) is 3.99. The zero-order valence-electron chi connectivity index (χ0n) is 18.2. The van der Waals surface area contributed by atoms with E-state index in [9.17, 15) is 4.79 Å². The quantitative estimate of drug-likeness (QED) is 0.830. The van der Waals surface area contributed by atoms with Crippen LogP contribution in [0.2, 0.25) is 0 Å². The Morgan fingerprint density at radius 2 is 1.93 bits per heavy atom. The topological polar surface area (TPSA) is 61.4 Å². The lowest BCUT2D eigenvalue weighted by Gasteiger charge is -2.33. The van der Waals surface area contributed by atoms with Crippen molar-refractivity contribution in [3.63, 3.8) is 0 Å². The van der Waals surface area contributed by atoms with E-state index < -0.39 is 0 Å². The van der Waals surface area contributed by atoms with E-state index in [4.69, 9.17) is 0 Å². The van der Waals surface area contributed by atoms with Crippen LogP contribution in [0, 0.1) is 25.7 Å². The number of anilines is 1. The average Bonchev–Trinajstić information content (AvgIpc) is 3.21. The van der Waals surface area contributed by atoms with Crippen LogP contribution in [-0.4, -0.2) is 59.0 Å². The first-order chi connectivity index (χ1) is 13.8. The van der Waals surface area contributed by atoms with Crippen molar-refractivity contribution in [3.05, 3.63) is 16.8 Å². The zero-order chi connectivity index (χ0) is 20.7. The number of nitrogens with one attached hydrogen (secondary N) is 1. The van der Waals surface area contributed by atoms with E-state index in [0.29, 0.717) is 12.0 Å². The number of nitrogens with zero attached hydrogens (tertiary/aromatic N) is 4. The van der Waals surface area contributed by atoms with Crippen LogP contribution in [0.1, 0.15) is 44.1 Å². The molecule has 1 N–H and O–H groups in total. The van der Waals surface area contributed by atoms with Gasteiger partial charge in [-0.05, 0) is 52.0 Å². The highest BCUT2D eigenvalue weighted by Gasteiger charge is 2.34. The van der Waals surface area contributed by atoms with Gasteiger partial charge in [0.15, 0.2) is 0 Å². The molecule has 6 nitrogen and oxygen atoms in total. The molecular formula is C22H33N5OS. The molecular weight excluding hydrogens is 382 g/mol. The number of aryl methyl sites for hydroxylation is 2. The highest BCUT2D eigenvalue weighted by atomic mass is 32.1. The molecule has 29 heavy (non-hydrogen) atoms. The summed E-state index contributed by atoms with van der Waals surface area (Å²) in [5.74, 6) is 1.89. The van der Waals surface area contributed by atoms with E-state index in [1.807, 2.05) is 0 Å². The molecule has 4 heterocycles. The second-order valence-corrected chi connectivity index (χ2v) is 10.3. The van der Waals surface area contributed by atoms with Crippen LogP contribution < -0.4 is 10.2 Å². The molecule has 0 spiro atoms. The first-order valence-corrected chi connectivity index (χ1v) is 11.7. The van der Waals surface area contributed by atoms with Crippen molar-refractivity contribution < 1.29 is 4.79 Å². The van der Waals surface area contributed by atoms with Crippen LogP contribution in [0.25, 0.3) is 10.2 Å². The molecule has 2 aromatic rings. The highest BCUT2D eigenvalue weighted by molar-refractivity contribution is 7.18. The number of piperidine rings is 1. The molecule has 0 aromatic carbocycles. The summed E-state index contributed by atoms with van der Waals surface area (Å²) in [5, 5.41) is 4.54. The molecule has 2 saturated heterocycles. The fraction of sp³-hybridized carbons (Fsp3) is 0.682. The van der Waals surface area contributed by atoms with Crippen molar-refractivity contribution >= 4 is 33.3 Å². The van der Waals surface area contributed by atoms with E-state index >= 15 is 0 Å². The fourth-order valence-corrected chi connectivity index (χ4v) is 5.66. The zero-order valence-corrected chi connectivity index (χ0v) is 19.1. The van der Waals surface area contributed by atoms with Crippen LogP contribution >= 0.6 is 11.3 Å². The Labute approximate surface area is 177 Å². The van der Waals surface area contributed by atoms with Gasteiger partial charge in [0.05, 0.1) is 5.39 Å². The predicted octanol–water partition coefficient (Wildman–Crippen LogP) is 3.37. The Balaban J connectivity index is 1.38. The molecule has 2 fully saturated rings. The third-order valence-electron chi connectivity index (χ3n) is 6.81. The van der Waals surface area contributed by atoms with Crippen LogP contribution in [0.15, 0.2) is 6.33 Å². The van der Waals surface area contributed by atoms with Gasteiger partial charge in [-0.2, -0.15) is 0 Å². The Bertz CT molecular complexity index is 887. The van der Waals surface area contributed by atoms with Gasteiger partial charge in [-0.15, -0.1) is 11.3 Å². The van der Waals surface area contributed by atoms with Gasteiger partial charge < -0.3 is 10.2 Å². The minimum atomic E-state index is 0.106. The molecule has 1 amide bonds. The Morgan fingerprint density at radius 1 is 1.21 bits per heavy atom. The van der Waals surface area contributed by atoms with Gasteiger partial charge in [-0.25, -0.2) is 9.97 Å². The van der Waals surface area contributed by atoms with Crippen molar-refractivity contribution in [3.8, 4) is 0 Å². The molecule has 7 heteroatoms. The standard InChI is InChI=1S/C22H33N5OS/c1-13(2)27-10-14(3)18(11-27)25-21(28)17-6-8-26(9-7-17)20-19-15(4)16(5)29-22(19)24-12-23-20/h12-14,17-18H,6-11H2,1-5H3,(H,25,28). The van der Waals surface area contributed by atoms with Gasteiger partial charge in [0.25, 0.3) is 0 Å². The maximum atomic E-state index is 12.9. The largest absolute Gasteiger partial charge is 0.356 e. The van der Waals surface area contributed by atoms with Gasteiger partial charge in [0.2, 0.25) is 5.91 Å². The lowest BCUT2D eigenvalue weighted by atomic mass is 9.94. The number of amides is 1. The Morgan fingerprint density at radius 3 is 2.59 bits per heavy atom. The number of hydrogen-bond acceptors (Lipinski definition) is 6. The summed E-state index contributed by atoms with van der Waals surface area (Å²) in [6.07, 6.45) is 3.44. The van der Waals surface area contributed by atoms with Crippen LogP contribution in [0.5, 0.6) is 0 Å². The first-order valence-electron chi connectivity index (χ1n) is 10.8. The van der Waals surface area contributed by atoms with Crippen molar-refractivity contribution in [1.29, 1.82) is 0 Å². The smallest absolute Gasteiger partial charge is 0.223 e. The van der Waals surface area contributed by atoms with Gasteiger partial charge in [-0.3, -0.25) is 9.69 Å². The van der Waals surface area contributed by atoms with Gasteiger partial charge in [0.1, 0.15) is 17.0 Å². The molecule has 0 aliphatic carbocycles. The second kappa shape index (κ2) is 8.19. The number of rotatable bonds is 4. The number of thiophene rings is 1. The number of hydrogen-bond donors (Lipinski definition) is 1. The molecule has 4 rings (SSSR count). The maximum absolute atomic E-state index is 12.9. The van der Waals surface area contributed by atoms with Gasteiger partial charge >= 0.3 is 0 Å². The lowest BCUT2D eigenvalue weighted by Crippen LogP contribution is -2.46. The summed E-state index contributed by atoms with van der Waals surface area (Å²) >= 11 is 1.74. The number of likely N-dealkylation sites (tertiary alicyclic amines) is 1. The lowest BCUT2D eigenvalue weighted by molar-refractivity contribution is -0.126. The minimum Gasteiger partial charge on any atom is -0.356 e. The first kappa shape index (κ1) is 20.5. The summed E-state index contributed by atoms with van der Waals surface area (Å²) in [6, 6.07) is 0.817. The number of fused-ring (bicyclic) bond motifs is 1. The normalized spacial score (nSPS) is 24.0. The minimum absolute atomic E-state index is 0.106. The third-order valence-corrected chi connectivity index (χ3v) is 7.92. The van der Waals surface area contributed by atoms with E-state index in [1.54, 1.807) is 17.7 Å². The number of aromatic nitrogens is 2. The van der Waals surface area contributed by atoms with Crippen LogP contribution in [-0.2, 0) is 4.79 Å². The molecule has 2 atom stereocenters. The summed E-state index contributed by atoms with van der Waals surface area (Å²) in [7, 11) is 0. The molecule has 2 aliphatic heterocycles. The van der Waals surface area contributed by atoms with Crippen LogP contribution in [0.3, 0.4) is 0 Å². The maximum Gasteiger partial charge on any atom is 0.223 e. The van der Waals surface area contributed by atoms with Gasteiger partial charge in [-0.1, -0.05) is 6.92 Å². The highest BCUT2D eigenvalue weighted by Crippen LogP contribution is 2.35. The molecule has 158 valence electrons. The average molecular weight is 416 g/mol. The number of carbonyl (C=O) groups excluding carboxylic acids is 1. The summed E-state index contributed by atoms with van der Waals surface area (Å²) < 4.78 is 0. The SMILES string of the molecule is Cc1sc2ncnc(N3CCC(C(=O)NC4CN(C(C)C)CC4C)CC3)c2c1C. The second-order valence-electron chi connectivity index (χ2n) is 9.06. The van der Waals surface area contributed by atoms with Crippen molar-refractivity contribution in [1.82, 2.24) is 20.2 Å². The molecule has 2 aliphatic rings. The van der Waals surface area contributed by atoms with Gasteiger partial charge in [0, 0.05) is 49.1 Å². The Kier molecular flexibility index (Phi) is 5.80. The van der Waals surface area contributed by atoms with E-state index in [0.717, 1.165) is 49.7 Å². The van der Waals surface area contributed by atoms with E-state index in [2.05, 4.69) is 59.7 Å². The van der Waals surface area contributed by atoms with Crippen molar-refractivity contribution in [2.45, 2.75) is 59.5 Å². The number of carbonyl (C=O) groups is 1. The summed E-state index contributed by atoms with van der Waals surface area (Å²) in [6.45, 7) is 14.8. The van der Waals surface area contributed by atoms with E-state index in [1.165, 1.54) is 15.8 Å². The van der Waals surface area contributed by atoms with Crippen molar-refractivity contribution in [2.24, 2.45) is 11.8 Å². The monoisotopic (exact) mass is 415 g/mol. The molecule has 2 aromatic heterocycles. The Hall–Kier alpha value is -1.73. The van der Waals surface area contributed by atoms with Crippen LogP contribution in [0.4, 0.5) is 5.82 Å². The predicted molar refractivity (Wildman–Crippen MR) is 120 cm³/mol. The molecule has 0 bridgehead atoms.